The molecule has 39 heavy (non-hydrogen) atoms. The van der Waals surface area contributed by atoms with Crippen LogP contribution in [0.15, 0.2) is 134 Å². The van der Waals surface area contributed by atoms with Gasteiger partial charge in [0, 0.05) is 28.1 Å². The van der Waals surface area contributed by atoms with Crippen LogP contribution in [0.1, 0.15) is 0 Å². The van der Waals surface area contributed by atoms with Gasteiger partial charge >= 0.3 is 0 Å². The summed E-state index contributed by atoms with van der Waals surface area (Å²) in [5, 5.41) is 5.11. The SMILES string of the molecule is c1ccc(-c2ccc3c4c(cccc24)-c2cc(-c4ccccc4)c4cccc5c4c2N3c2ncccc2-5)cc1. The van der Waals surface area contributed by atoms with Crippen LogP contribution < -0.4 is 4.90 Å². The summed E-state index contributed by atoms with van der Waals surface area (Å²) in [5.74, 6) is 0.995. The molecule has 2 nitrogen and oxygen atoms in total. The van der Waals surface area contributed by atoms with Crippen LogP contribution >= 0.6 is 0 Å². The Kier molecular flexibility index (Phi) is 4.08. The van der Waals surface area contributed by atoms with Gasteiger partial charge in [-0.3, -0.25) is 4.90 Å². The zero-order chi connectivity index (χ0) is 25.5. The van der Waals surface area contributed by atoms with Crippen LogP contribution in [0.5, 0.6) is 0 Å². The molecule has 180 valence electrons. The summed E-state index contributed by atoms with van der Waals surface area (Å²) in [4.78, 5) is 7.40. The van der Waals surface area contributed by atoms with E-state index in [1.54, 1.807) is 0 Å². The molecule has 0 radical (unpaired) electrons. The number of nitrogens with zero attached hydrogens (tertiary/aromatic N) is 2. The molecule has 0 atom stereocenters. The van der Waals surface area contributed by atoms with Gasteiger partial charge in [0.05, 0.1) is 11.4 Å². The maximum Gasteiger partial charge on any atom is 0.145 e. The van der Waals surface area contributed by atoms with Gasteiger partial charge in [-0.2, -0.15) is 0 Å². The minimum atomic E-state index is 0.995. The first-order valence-electron chi connectivity index (χ1n) is 13.4. The highest BCUT2D eigenvalue weighted by Crippen LogP contribution is 2.60. The number of aromatic nitrogens is 1. The maximum atomic E-state index is 4.98. The molecule has 0 bridgehead atoms. The molecule has 7 aromatic rings. The highest BCUT2D eigenvalue weighted by molar-refractivity contribution is 6.27. The molecule has 0 aliphatic carbocycles. The van der Waals surface area contributed by atoms with Crippen LogP contribution in [0.25, 0.3) is 66.1 Å². The van der Waals surface area contributed by atoms with Crippen molar-refractivity contribution in [3.8, 4) is 44.5 Å². The monoisotopic (exact) mass is 494 g/mol. The van der Waals surface area contributed by atoms with Crippen molar-refractivity contribution in [2.45, 2.75) is 0 Å². The molecular weight excluding hydrogens is 472 g/mol. The molecule has 0 spiro atoms. The van der Waals surface area contributed by atoms with Crippen LogP contribution in [0.4, 0.5) is 17.2 Å². The molecule has 1 aromatic heterocycles. The Morgan fingerprint density at radius 2 is 1.08 bits per heavy atom. The fourth-order valence-corrected chi connectivity index (χ4v) is 6.77. The lowest BCUT2D eigenvalue weighted by atomic mass is 9.81. The van der Waals surface area contributed by atoms with Crippen LogP contribution in [-0.4, -0.2) is 4.98 Å². The molecule has 6 aromatic carbocycles. The van der Waals surface area contributed by atoms with Gasteiger partial charge in [0.1, 0.15) is 5.82 Å². The third-order valence-corrected chi connectivity index (χ3v) is 8.37. The summed E-state index contributed by atoms with van der Waals surface area (Å²) in [6.45, 7) is 0. The minimum absolute atomic E-state index is 0.995. The molecule has 3 heterocycles. The molecule has 2 aliphatic rings. The van der Waals surface area contributed by atoms with Gasteiger partial charge in [-0.1, -0.05) is 103 Å². The third kappa shape index (κ3) is 2.73. The number of rotatable bonds is 2. The van der Waals surface area contributed by atoms with E-state index in [-0.39, 0.29) is 0 Å². The number of pyridine rings is 1. The van der Waals surface area contributed by atoms with E-state index in [9.17, 15) is 0 Å². The summed E-state index contributed by atoms with van der Waals surface area (Å²) < 4.78 is 0. The van der Waals surface area contributed by atoms with E-state index in [4.69, 9.17) is 4.98 Å². The molecular formula is C37H22N2. The number of anilines is 3. The summed E-state index contributed by atoms with van der Waals surface area (Å²) >= 11 is 0. The highest BCUT2D eigenvalue weighted by Gasteiger charge is 2.35. The first-order chi connectivity index (χ1) is 19.4. The number of fused-ring (bicyclic) bond motifs is 5. The Labute approximate surface area is 226 Å². The van der Waals surface area contributed by atoms with Gasteiger partial charge in [-0.15, -0.1) is 0 Å². The van der Waals surface area contributed by atoms with E-state index in [1.807, 2.05) is 6.20 Å². The van der Waals surface area contributed by atoms with Crippen molar-refractivity contribution in [2.75, 3.05) is 4.90 Å². The quantitative estimate of drug-likeness (QED) is 0.238. The fraction of sp³-hybridized carbons (Fsp3) is 0. The normalized spacial score (nSPS) is 12.6. The Bertz CT molecular complexity index is 2110. The van der Waals surface area contributed by atoms with E-state index >= 15 is 0 Å². The standard InChI is InChI=1S/C37H22N2/c1-3-10-23(11-4-1)25-19-20-33-34-26(25)14-7-17-29(34)32-22-31(24-12-5-2-6-13-24)28-16-8-15-27-30-18-9-21-38-37(30)39(33)36(32)35(27)28/h1-22H. The third-order valence-electron chi connectivity index (χ3n) is 8.37. The van der Waals surface area contributed by atoms with Crippen LogP contribution in [-0.2, 0) is 0 Å². The highest BCUT2D eigenvalue weighted by atomic mass is 15.2. The van der Waals surface area contributed by atoms with E-state index in [1.165, 1.54) is 77.4 Å². The van der Waals surface area contributed by atoms with E-state index < -0.39 is 0 Å². The second-order valence-corrected chi connectivity index (χ2v) is 10.4. The lowest BCUT2D eigenvalue weighted by Crippen LogP contribution is -2.20. The molecule has 2 heteroatoms. The second kappa shape index (κ2) is 7.66. The van der Waals surface area contributed by atoms with Gasteiger partial charge in [0.2, 0.25) is 0 Å². The lowest BCUT2D eigenvalue weighted by Gasteiger charge is -2.38. The van der Waals surface area contributed by atoms with E-state index in [2.05, 4.69) is 132 Å². The summed E-state index contributed by atoms with van der Waals surface area (Å²) in [6.07, 6.45) is 1.91. The largest absolute Gasteiger partial charge is 0.293 e. The number of hydrogen-bond donors (Lipinski definition) is 0. The maximum absolute atomic E-state index is 4.98. The van der Waals surface area contributed by atoms with E-state index in [0.29, 0.717) is 0 Å². The van der Waals surface area contributed by atoms with Gasteiger partial charge in [0.15, 0.2) is 0 Å². The molecule has 0 N–H and O–H groups in total. The number of benzene rings is 6. The van der Waals surface area contributed by atoms with Crippen LogP contribution in [0.2, 0.25) is 0 Å². The second-order valence-electron chi connectivity index (χ2n) is 10.4. The summed E-state index contributed by atoms with van der Waals surface area (Å²) in [7, 11) is 0. The topological polar surface area (TPSA) is 16.1 Å². The molecule has 2 aliphatic heterocycles. The Hall–Kier alpha value is -5.21. The van der Waals surface area contributed by atoms with Crippen molar-refractivity contribution in [1.82, 2.24) is 4.98 Å². The molecule has 0 unspecified atom stereocenters. The molecule has 0 saturated heterocycles. The smallest absolute Gasteiger partial charge is 0.145 e. The summed E-state index contributed by atoms with van der Waals surface area (Å²) in [5.41, 5.74) is 12.4. The average Bonchev–Trinajstić information content (AvgIpc) is 3.02. The Morgan fingerprint density at radius 1 is 0.436 bits per heavy atom. The predicted octanol–water partition coefficient (Wildman–Crippen LogP) is 10.2. The van der Waals surface area contributed by atoms with Crippen molar-refractivity contribution >= 4 is 38.7 Å². The fourth-order valence-electron chi connectivity index (χ4n) is 6.77. The minimum Gasteiger partial charge on any atom is -0.293 e. The zero-order valence-electron chi connectivity index (χ0n) is 21.1. The average molecular weight is 495 g/mol. The van der Waals surface area contributed by atoms with Gasteiger partial charge in [0.25, 0.3) is 0 Å². The van der Waals surface area contributed by atoms with Crippen molar-refractivity contribution in [1.29, 1.82) is 0 Å². The van der Waals surface area contributed by atoms with Crippen molar-refractivity contribution in [3.63, 3.8) is 0 Å². The van der Waals surface area contributed by atoms with E-state index in [0.717, 1.165) is 5.82 Å². The molecule has 9 rings (SSSR count). The van der Waals surface area contributed by atoms with Crippen molar-refractivity contribution < 1.29 is 0 Å². The van der Waals surface area contributed by atoms with Crippen molar-refractivity contribution in [3.05, 3.63) is 134 Å². The Morgan fingerprint density at radius 3 is 1.82 bits per heavy atom. The molecule has 0 fully saturated rings. The van der Waals surface area contributed by atoms with Crippen molar-refractivity contribution in [2.24, 2.45) is 0 Å². The van der Waals surface area contributed by atoms with Gasteiger partial charge < -0.3 is 0 Å². The van der Waals surface area contributed by atoms with Crippen LogP contribution in [0.3, 0.4) is 0 Å². The lowest BCUT2D eigenvalue weighted by molar-refractivity contribution is 1.18. The van der Waals surface area contributed by atoms with Crippen LogP contribution in [0, 0.1) is 0 Å². The predicted molar refractivity (Wildman–Crippen MR) is 163 cm³/mol. The Balaban J connectivity index is 1.49. The number of hydrogen-bond acceptors (Lipinski definition) is 2. The van der Waals surface area contributed by atoms with Gasteiger partial charge in [-0.25, -0.2) is 4.98 Å². The summed E-state index contributed by atoms with van der Waals surface area (Å²) in [6, 6.07) is 46.2. The first kappa shape index (κ1) is 20.8. The molecule has 0 saturated carbocycles. The first-order valence-corrected chi connectivity index (χ1v) is 13.4. The molecule has 0 amide bonds. The zero-order valence-corrected chi connectivity index (χ0v) is 21.1. The van der Waals surface area contributed by atoms with Gasteiger partial charge in [-0.05, 0) is 68.4 Å².